The van der Waals surface area contributed by atoms with Gasteiger partial charge < -0.3 is 5.32 Å². The fourth-order valence-corrected chi connectivity index (χ4v) is 5.39. The van der Waals surface area contributed by atoms with Crippen LogP contribution in [0.2, 0.25) is 5.02 Å². The third-order valence-corrected chi connectivity index (χ3v) is 7.44. The molecule has 1 amide bonds. The molecule has 0 aromatic heterocycles. The SMILES string of the molecule is CC(C)c1ccc(C(=O)NC2CCCC2N2CCC(Cc3ccc(Cl)cc3)CC2)cc1. The molecule has 2 fully saturated rings. The quantitative estimate of drug-likeness (QED) is 0.593. The second-order valence-electron chi connectivity index (χ2n) is 9.66. The van der Waals surface area contributed by atoms with Gasteiger partial charge in [0.2, 0.25) is 0 Å². The van der Waals surface area contributed by atoms with Crippen molar-refractivity contribution in [1.29, 1.82) is 0 Å². The molecule has 0 radical (unpaired) electrons. The van der Waals surface area contributed by atoms with Crippen LogP contribution in [0, 0.1) is 5.92 Å². The average molecular weight is 439 g/mol. The van der Waals surface area contributed by atoms with Crippen molar-refractivity contribution in [2.24, 2.45) is 5.92 Å². The van der Waals surface area contributed by atoms with Crippen molar-refractivity contribution in [3.63, 3.8) is 0 Å². The molecule has 4 rings (SSSR count). The highest BCUT2D eigenvalue weighted by atomic mass is 35.5. The van der Waals surface area contributed by atoms with Gasteiger partial charge in [0.25, 0.3) is 5.91 Å². The molecule has 1 aliphatic heterocycles. The van der Waals surface area contributed by atoms with Gasteiger partial charge in [-0.25, -0.2) is 0 Å². The first-order chi connectivity index (χ1) is 15.0. The van der Waals surface area contributed by atoms with E-state index in [9.17, 15) is 4.79 Å². The molecule has 2 unspecified atom stereocenters. The molecule has 166 valence electrons. The molecule has 1 saturated heterocycles. The minimum atomic E-state index is 0.0739. The highest BCUT2D eigenvalue weighted by Gasteiger charge is 2.35. The molecule has 2 aliphatic rings. The zero-order chi connectivity index (χ0) is 21.8. The van der Waals surface area contributed by atoms with E-state index in [0.29, 0.717) is 12.0 Å². The lowest BCUT2D eigenvalue weighted by Gasteiger charge is -2.38. The van der Waals surface area contributed by atoms with E-state index in [0.717, 1.165) is 42.4 Å². The summed E-state index contributed by atoms with van der Waals surface area (Å²) >= 11 is 6.02. The maximum Gasteiger partial charge on any atom is 0.251 e. The van der Waals surface area contributed by atoms with Gasteiger partial charge in [-0.3, -0.25) is 9.69 Å². The minimum absolute atomic E-state index is 0.0739. The number of benzene rings is 2. The lowest BCUT2D eigenvalue weighted by Crippen LogP contribution is -2.51. The number of amides is 1. The van der Waals surface area contributed by atoms with Crippen LogP contribution in [0.15, 0.2) is 48.5 Å². The van der Waals surface area contributed by atoms with Crippen molar-refractivity contribution >= 4 is 17.5 Å². The van der Waals surface area contributed by atoms with Crippen molar-refractivity contribution in [2.45, 2.75) is 70.4 Å². The Morgan fingerprint density at radius 3 is 2.32 bits per heavy atom. The van der Waals surface area contributed by atoms with Crippen molar-refractivity contribution in [3.05, 3.63) is 70.2 Å². The number of piperidine rings is 1. The van der Waals surface area contributed by atoms with Crippen LogP contribution in [0.5, 0.6) is 0 Å². The lowest BCUT2D eigenvalue weighted by atomic mass is 9.89. The number of hydrogen-bond acceptors (Lipinski definition) is 2. The fraction of sp³-hybridized carbons (Fsp3) is 0.519. The number of carbonyl (C=O) groups excluding carboxylic acids is 1. The lowest BCUT2D eigenvalue weighted by molar-refractivity contribution is 0.0862. The first kappa shape index (κ1) is 22.4. The van der Waals surface area contributed by atoms with Crippen LogP contribution in [0.25, 0.3) is 0 Å². The van der Waals surface area contributed by atoms with Gasteiger partial charge >= 0.3 is 0 Å². The number of nitrogens with one attached hydrogen (secondary N) is 1. The van der Waals surface area contributed by atoms with E-state index in [1.165, 1.54) is 36.8 Å². The summed E-state index contributed by atoms with van der Waals surface area (Å²) in [5, 5.41) is 4.16. The van der Waals surface area contributed by atoms with Crippen molar-refractivity contribution in [3.8, 4) is 0 Å². The Balaban J connectivity index is 1.29. The molecule has 0 bridgehead atoms. The molecule has 1 aliphatic carbocycles. The van der Waals surface area contributed by atoms with Crippen molar-refractivity contribution < 1.29 is 4.79 Å². The molecule has 2 atom stereocenters. The van der Waals surface area contributed by atoms with Gasteiger partial charge in [0, 0.05) is 22.7 Å². The first-order valence-corrected chi connectivity index (χ1v) is 12.3. The summed E-state index contributed by atoms with van der Waals surface area (Å²) in [7, 11) is 0. The Kier molecular flexibility index (Phi) is 7.35. The molecule has 0 spiro atoms. The highest BCUT2D eigenvalue weighted by Crippen LogP contribution is 2.30. The van der Waals surface area contributed by atoms with E-state index in [1.54, 1.807) is 0 Å². The predicted octanol–water partition coefficient (Wildman–Crippen LogP) is 6.07. The number of likely N-dealkylation sites (tertiary alicyclic amines) is 1. The molecule has 1 heterocycles. The van der Waals surface area contributed by atoms with Crippen molar-refractivity contribution in [2.75, 3.05) is 13.1 Å². The normalized spacial score (nSPS) is 22.7. The number of rotatable bonds is 6. The number of nitrogens with zero attached hydrogens (tertiary/aromatic N) is 1. The van der Waals surface area contributed by atoms with Crippen LogP contribution in [-0.2, 0) is 6.42 Å². The van der Waals surface area contributed by atoms with Gasteiger partial charge in [0.1, 0.15) is 0 Å². The second kappa shape index (κ2) is 10.2. The third kappa shape index (κ3) is 5.70. The van der Waals surface area contributed by atoms with E-state index in [1.807, 2.05) is 24.3 Å². The molecular formula is C27H35ClN2O. The van der Waals surface area contributed by atoms with Crippen molar-refractivity contribution in [1.82, 2.24) is 10.2 Å². The Labute approximate surface area is 192 Å². The summed E-state index contributed by atoms with van der Waals surface area (Å²) in [4.78, 5) is 15.5. The molecule has 31 heavy (non-hydrogen) atoms. The smallest absolute Gasteiger partial charge is 0.251 e. The number of halogens is 1. The molecule has 1 N–H and O–H groups in total. The summed E-state index contributed by atoms with van der Waals surface area (Å²) in [5.41, 5.74) is 3.44. The Morgan fingerprint density at radius 1 is 1.00 bits per heavy atom. The first-order valence-electron chi connectivity index (χ1n) is 11.9. The van der Waals surface area contributed by atoms with Gasteiger partial charge in [0.15, 0.2) is 0 Å². The van der Waals surface area contributed by atoms with E-state index in [2.05, 4.69) is 48.3 Å². The summed E-state index contributed by atoms with van der Waals surface area (Å²) < 4.78 is 0. The standard InChI is InChI=1S/C27H35ClN2O/c1-19(2)22-8-10-23(11-9-22)27(31)29-25-4-3-5-26(25)30-16-14-21(15-17-30)18-20-6-12-24(28)13-7-20/h6-13,19,21,25-26H,3-5,14-18H2,1-2H3,(H,29,31). The summed E-state index contributed by atoms with van der Waals surface area (Å²) in [6.45, 7) is 6.63. The fourth-order valence-electron chi connectivity index (χ4n) is 5.26. The predicted molar refractivity (Wildman–Crippen MR) is 129 cm³/mol. The average Bonchev–Trinajstić information content (AvgIpc) is 3.24. The van der Waals surface area contributed by atoms with Crippen LogP contribution in [0.1, 0.15) is 73.4 Å². The van der Waals surface area contributed by atoms with E-state index >= 15 is 0 Å². The van der Waals surface area contributed by atoms with Crippen LogP contribution in [-0.4, -0.2) is 36.0 Å². The van der Waals surface area contributed by atoms with Gasteiger partial charge in [-0.05, 0) is 98.8 Å². The van der Waals surface area contributed by atoms with Crippen LogP contribution in [0.3, 0.4) is 0 Å². The Bertz CT molecular complexity index is 854. The van der Waals surface area contributed by atoms with Gasteiger partial charge in [-0.2, -0.15) is 0 Å². The van der Waals surface area contributed by atoms with Crippen LogP contribution >= 0.6 is 11.6 Å². The zero-order valence-corrected chi connectivity index (χ0v) is 19.6. The summed E-state index contributed by atoms with van der Waals surface area (Å²) in [5.74, 6) is 1.30. The molecule has 2 aromatic carbocycles. The summed E-state index contributed by atoms with van der Waals surface area (Å²) in [6, 6.07) is 17.2. The van der Waals surface area contributed by atoms with E-state index in [4.69, 9.17) is 11.6 Å². The maximum absolute atomic E-state index is 12.9. The van der Waals surface area contributed by atoms with Crippen LogP contribution in [0.4, 0.5) is 0 Å². The number of carbonyl (C=O) groups is 1. The van der Waals surface area contributed by atoms with Gasteiger partial charge in [-0.1, -0.05) is 49.7 Å². The van der Waals surface area contributed by atoms with E-state index < -0.39 is 0 Å². The molecular weight excluding hydrogens is 404 g/mol. The van der Waals surface area contributed by atoms with Gasteiger partial charge in [0.05, 0.1) is 0 Å². The molecule has 1 saturated carbocycles. The zero-order valence-electron chi connectivity index (χ0n) is 18.8. The second-order valence-corrected chi connectivity index (χ2v) is 10.1. The van der Waals surface area contributed by atoms with E-state index in [-0.39, 0.29) is 11.9 Å². The highest BCUT2D eigenvalue weighted by molar-refractivity contribution is 6.30. The third-order valence-electron chi connectivity index (χ3n) is 7.19. The maximum atomic E-state index is 12.9. The summed E-state index contributed by atoms with van der Waals surface area (Å²) in [6.07, 6.45) is 7.09. The molecule has 2 aromatic rings. The Morgan fingerprint density at radius 2 is 1.68 bits per heavy atom. The van der Waals surface area contributed by atoms with Crippen LogP contribution < -0.4 is 5.32 Å². The monoisotopic (exact) mass is 438 g/mol. The van der Waals surface area contributed by atoms with Gasteiger partial charge in [-0.15, -0.1) is 0 Å². The largest absolute Gasteiger partial charge is 0.348 e. The topological polar surface area (TPSA) is 32.3 Å². The minimum Gasteiger partial charge on any atom is -0.348 e. The Hall–Kier alpha value is -1.84. The molecule has 3 nitrogen and oxygen atoms in total. The number of hydrogen-bond donors (Lipinski definition) is 1. The molecule has 4 heteroatoms.